The number of rotatable bonds is 7. The van der Waals surface area contributed by atoms with E-state index < -0.39 is 0 Å². The van der Waals surface area contributed by atoms with Gasteiger partial charge in [-0.1, -0.05) is 35.5 Å². The van der Waals surface area contributed by atoms with Gasteiger partial charge in [0.1, 0.15) is 0 Å². The van der Waals surface area contributed by atoms with Crippen LogP contribution in [0.3, 0.4) is 0 Å². The second-order valence-electron chi connectivity index (χ2n) is 6.76. The summed E-state index contributed by atoms with van der Waals surface area (Å²) in [5.74, 6) is 0.721. The van der Waals surface area contributed by atoms with Gasteiger partial charge in [-0.15, -0.1) is 0 Å². The number of carbonyl (C=O) groups is 1. The fraction of sp³-hybridized carbons (Fsp3) is 0.333. The van der Waals surface area contributed by atoms with Crippen molar-refractivity contribution in [3.63, 3.8) is 0 Å². The van der Waals surface area contributed by atoms with Crippen molar-refractivity contribution < 1.29 is 18.5 Å². The number of nitrogens with one attached hydrogen (secondary N) is 1. The van der Waals surface area contributed by atoms with Gasteiger partial charge in [-0.05, 0) is 24.1 Å². The molecule has 0 spiro atoms. The third kappa shape index (κ3) is 4.49. The number of aromatic nitrogens is 1. The molecule has 1 N–H and O–H groups in total. The van der Waals surface area contributed by atoms with E-state index in [0.717, 1.165) is 32.7 Å². The van der Waals surface area contributed by atoms with E-state index in [4.69, 9.17) is 13.7 Å². The van der Waals surface area contributed by atoms with Gasteiger partial charge in [0.05, 0.1) is 19.5 Å². The van der Waals surface area contributed by atoms with Gasteiger partial charge >= 0.3 is 0 Å². The van der Waals surface area contributed by atoms with E-state index in [-0.39, 0.29) is 17.6 Å². The predicted molar refractivity (Wildman–Crippen MR) is 103 cm³/mol. The first-order chi connectivity index (χ1) is 13.8. The number of carbonyl (C=O) groups excluding carboxylic acids is 1. The van der Waals surface area contributed by atoms with Gasteiger partial charge in [-0.2, -0.15) is 0 Å². The normalized spacial score (nSPS) is 16.0. The van der Waals surface area contributed by atoms with Gasteiger partial charge in [0.2, 0.25) is 5.76 Å². The minimum absolute atomic E-state index is 0.187. The molecular formula is C21H23N3O4. The second-order valence-corrected chi connectivity index (χ2v) is 6.76. The third-order valence-corrected chi connectivity index (χ3v) is 4.88. The van der Waals surface area contributed by atoms with E-state index in [1.807, 2.05) is 18.2 Å². The Morgan fingerprint density at radius 3 is 2.68 bits per heavy atom. The number of hydrogen-bond acceptors (Lipinski definition) is 6. The molecule has 1 aliphatic heterocycles. The summed E-state index contributed by atoms with van der Waals surface area (Å²) in [4.78, 5) is 14.9. The monoisotopic (exact) mass is 381 g/mol. The zero-order valence-corrected chi connectivity index (χ0v) is 15.5. The zero-order chi connectivity index (χ0) is 19.2. The Morgan fingerprint density at radius 1 is 1.11 bits per heavy atom. The lowest BCUT2D eigenvalue weighted by Crippen LogP contribution is -2.49. The number of furan rings is 1. The molecule has 1 aliphatic rings. The van der Waals surface area contributed by atoms with E-state index in [1.54, 1.807) is 24.5 Å². The van der Waals surface area contributed by atoms with Crippen LogP contribution < -0.4 is 5.32 Å². The molecule has 7 nitrogen and oxygen atoms in total. The minimum atomic E-state index is -0.257. The van der Waals surface area contributed by atoms with E-state index >= 15 is 0 Å². The number of morpholine rings is 1. The Bertz CT molecular complexity index is 870. The van der Waals surface area contributed by atoms with Crippen molar-refractivity contribution in [1.82, 2.24) is 15.4 Å². The van der Waals surface area contributed by atoms with Crippen molar-refractivity contribution in [1.29, 1.82) is 0 Å². The summed E-state index contributed by atoms with van der Waals surface area (Å²) in [6.07, 6.45) is 2.41. The van der Waals surface area contributed by atoms with E-state index in [9.17, 15) is 4.79 Å². The van der Waals surface area contributed by atoms with Crippen LogP contribution in [0.5, 0.6) is 0 Å². The summed E-state index contributed by atoms with van der Waals surface area (Å²) < 4.78 is 16.0. The van der Waals surface area contributed by atoms with Gasteiger partial charge in [0, 0.05) is 31.7 Å². The Hall–Kier alpha value is -2.90. The lowest BCUT2D eigenvalue weighted by Gasteiger charge is -2.34. The van der Waals surface area contributed by atoms with Crippen molar-refractivity contribution in [3.8, 4) is 11.5 Å². The van der Waals surface area contributed by atoms with Crippen molar-refractivity contribution in [2.45, 2.75) is 12.5 Å². The molecule has 4 rings (SSSR count). The fourth-order valence-electron chi connectivity index (χ4n) is 3.38. The molecule has 2 aromatic heterocycles. The standard InChI is InChI=1S/C21H23N3O4/c25-21(18-14-20(28-23-18)19-7-4-10-27-19)22-15-17(24-8-11-26-12-9-24)13-16-5-2-1-3-6-16/h1-7,10,14,17H,8-9,11-13,15H2,(H,22,25). The lowest BCUT2D eigenvalue weighted by molar-refractivity contribution is 0.0167. The van der Waals surface area contributed by atoms with Gasteiger partial charge in [-0.25, -0.2) is 0 Å². The largest absolute Gasteiger partial charge is 0.461 e. The highest BCUT2D eigenvalue weighted by Gasteiger charge is 2.23. The quantitative estimate of drug-likeness (QED) is 0.678. The summed E-state index contributed by atoms with van der Waals surface area (Å²) in [7, 11) is 0. The van der Waals surface area contributed by atoms with Crippen LogP contribution in [0.2, 0.25) is 0 Å². The second kappa shape index (κ2) is 8.86. The summed E-state index contributed by atoms with van der Waals surface area (Å²) in [5.41, 5.74) is 1.49. The molecule has 0 aliphatic carbocycles. The number of hydrogen-bond donors (Lipinski definition) is 1. The van der Waals surface area contributed by atoms with Crippen LogP contribution in [0.25, 0.3) is 11.5 Å². The van der Waals surface area contributed by atoms with Gasteiger partial charge in [0.15, 0.2) is 11.5 Å². The number of ether oxygens (including phenoxy) is 1. The van der Waals surface area contributed by atoms with Gasteiger partial charge in [-0.3, -0.25) is 9.69 Å². The van der Waals surface area contributed by atoms with E-state index in [1.165, 1.54) is 5.56 Å². The van der Waals surface area contributed by atoms with Crippen LogP contribution >= 0.6 is 0 Å². The van der Waals surface area contributed by atoms with Gasteiger partial charge < -0.3 is 19.0 Å². The Balaban J connectivity index is 1.40. The molecule has 0 radical (unpaired) electrons. The highest BCUT2D eigenvalue weighted by molar-refractivity contribution is 5.92. The number of nitrogens with zero attached hydrogens (tertiary/aromatic N) is 2. The molecule has 1 atom stereocenters. The van der Waals surface area contributed by atoms with Gasteiger partial charge in [0.25, 0.3) is 5.91 Å². The molecule has 3 heterocycles. The van der Waals surface area contributed by atoms with Crippen molar-refractivity contribution >= 4 is 5.91 Å². The highest BCUT2D eigenvalue weighted by Crippen LogP contribution is 2.20. The average molecular weight is 381 g/mol. The summed E-state index contributed by atoms with van der Waals surface area (Å²) in [6.45, 7) is 3.68. The Morgan fingerprint density at radius 2 is 1.93 bits per heavy atom. The molecule has 28 heavy (non-hydrogen) atoms. The summed E-state index contributed by atoms with van der Waals surface area (Å²) in [5, 5.41) is 6.87. The van der Waals surface area contributed by atoms with Crippen LogP contribution in [0.1, 0.15) is 16.1 Å². The average Bonchev–Trinajstić information content (AvgIpc) is 3.44. The minimum Gasteiger partial charge on any atom is -0.461 e. The summed E-state index contributed by atoms with van der Waals surface area (Å²) in [6, 6.07) is 15.6. The molecule has 3 aromatic rings. The predicted octanol–water partition coefficient (Wildman–Crippen LogP) is 2.61. The van der Waals surface area contributed by atoms with E-state index in [2.05, 4.69) is 27.5 Å². The maximum absolute atomic E-state index is 12.6. The molecule has 1 amide bonds. The third-order valence-electron chi connectivity index (χ3n) is 4.88. The first-order valence-corrected chi connectivity index (χ1v) is 9.44. The molecule has 0 saturated carbocycles. The highest BCUT2D eigenvalue weighted by atomic mass is 16.5. The fourth-order valence-corrected chi connectivity index (χ4v) is 3.38. The first-order valence-electron chi connectivity index (χ1n) is 9.44. The lowest BCUT2D eigenvalue weighted by atomic mass is 10.0. The Labute approximate surface area is 163 Å². The summed E-state index contributed by atoms with van der Waals surface area (Å²) >= 11 is 0. The number of amides is 1. The van der Waals surface area contributed by atoms with Crippen molar-refractivity contribution in [2.75, 3.05) is 32.8 Å². The Kier molecular flexibility index (Phi) is 5.84. The van der Waals surface area contributed by atoms with Crippen LogP contribution in [0, 0.1) is 0 Å². The number of benzene rings is 1. The zero-order valence-electron chi connectivity index (χ0n) is 15.5. The topological polar surface area (TPSA) is 80.7 Å². The van der Waals surface area contributed by atoms with Crippen LogP contribution in [0.15, 0.2) is 63.7 Å². The first kappa shape index (κ1) is 18.5. The van der Waals surface area contributed by atoms with Crippen molar-refractivity contribution in [3.05, 3.63) is 66.1 Å². The molecular weight excluding hydrogens is 358 g/mol. The van der Waals surface area contributed by atoms with Crippen LogP contribution in [-0.2, 0) is 11.2 Å². The van der Waals surface area contributed by atoms with Crippen molar-refractivity contribution in [2.24, 2.45) is 0 Å². The molecule has 146 valence electrons. The van der Waals surface area contributed by atoms with E-state index in [0.29, 0.717) is 18.1 Å². The smallest absolute Gasteiger partial charge is 0.273 e. The molecule has 1 fully saturated rings. The molecule has 7 heteroatoms. The van der Waals surface area contributed by atoms with Crippen LogP contribution in [0.4, 0.5) is 0 Å². The maximum atomic E-state index is 12.6. The molecule has 1 saturated heterocycles. The SMILES string of the molecule is O=C(NCC(Cc1ccccc1)N1CCOCC1)c1cc(-c2ccco2)on1. The van der Waals surface area contributed by atoms with Crippen LogP contribution in [-0.4, -0.2) is 54.9 Å². The maximum Gasteiger partial charge on any atom is 0.273 e. The molecule has 1 aromatic carbocycles. The molecule has 0 bridgehead atoms. The molecule has 1 unspecified atom stereocenters.